The lowest BCUT2D eigenvalue weighted by Gasteiger charge is -2.34. The molecule has 0 radical (unpaired) electrons. The molecule has 1 fully saturated rings. The molecule has 2 N–H and O–H groups in total. The summed E-state index contributed by atoms with van der Waals surface area (Å²) in [5.74, 6) is -0.132. The summed E-state index contributed by atoms with van der Waals surface area (Å²) in [6.07, 6.45) is 5.77. The third-order valence-electron chi connectivity index (χ3n) is 7.71. The van der Waals surface area contributed by atoms with Crippen LogP contribution in [-0.4, -0.2) is 58.6 Å². The Bertz CT molecular complexity index is 1760. The van der Waals surface area contributed by atoms with Crippen LogP contribution in [0.5, 0.6) is 0 Å². The number of carbonyl (C=O) groups is 1. The molecular weight excluding hydrogens is 541 g/mol. The van der Waals surface area contributed by atoms with Crippen molar-refractivity contribution in [3.8, 4) is 16.9 Å². The SMILES string of the molecule is Cc1ccn(-c2cc(NC(=O)c3ccc(C)c(Nc4nccc(-c5ccc(F)cc5)n4)c3)cc(N3CCN(C)CC3)c2)c1. The predicted molar refractivity (Wildman–Crippen MR) is 170 cm³/mol. The second kappa shape index (κ2) is 12.1. The van der Waals surface area contributed by atoms with Crippen LogP contribution in [-0.2, 0) is 0 Å². The van der Waals surface area contributed by atoms with Gasteiger partial charge in [-0.05, 0) is 98.8 Å². The molecule has 1 aliphatic heterocycles. The largest absolute Gasteiger partial charge is 0.369 e. The van der Waals surface area contributed by atoms with E-state index in [1.165, 1.54) is 17.7 Å². The molecule has 218 valence electrons. The molecule has 5 aromatic rings. The van der Waals surface area contributed by atoms with Crippen LogP contribution in [0.2, 0.25) is 0 Å². The number of nitrogens with one attached hydrogen (secondary N) is 2. The number of aryl methyl sites for hydroxylation is 2. The van der Waals surface area contributed by atoms with E-state index in [1.807, 2.05) is 37.4 Å². The highest BCUT2D eigenvalue weighted by Gasteiger charge is 2.17. The lowest BCUT2D eigenvalue weighted by molar-refractivity contribution is 0.102. The van der Waals surface area contributed by atoms with Gasteiger partial charge in [-0.15, -0.1) is 0 Å². The van der Waals surface area contributed by atoms with E-state index in [-0.39, 0.29) is 11.7 Å². The molecule has 0 bridgehead atoms. The van der Waals surface area contributed by atoms with Gasteiger partial charge in [-0.3, -0.25) is 4.79 Å². The van der Waals surface area contributed by atoms with Gasteiger partial charge in [0.1, 0.15) is 5.82 Å². The number of benzene rings is 3. The Hall–Kier alpha value is -5.02. The summed E-state index contributed by atoms with van der Waals surface area (Å²) < 4.78 is 15.5. The average Bonchev–Trinajstić information content (AvgIpc) is 3.45. The van der Waals surface area contributed by atoms with Gasteiger partial charge in [-0.1, -0.05) is 6.07 Å². The minimum Gasteiger partial charge on any atom is -0.369 e. The molecule has 9 heteroatoms. The van der Waals surface area contributed by atoms with Crippen LogP contribution in [0.25, 0.3) is 16.9 Å². The highest BCUT2D eigenvalue weighted by atomic mass is 19.1. The van der Waals surface area contributed by atoms with Crippen molar-refractivity contribution in [1.29, 1.82) is 0 Å². The smallest absolute Gasteiger partial charge is 0.255 e. The second-order valence-corrected chi connectivity index (χ2v) is 11.0. The Morgan fingerprint density at radius 2 is 1.65 bits per heavy atom. The van der Waals surface area contributed by atoms with Crippen molar-refractivity contribution < 1.29 is 9.18 Å². The summed E-state index contributed by atoms with van der Waals surface area (Å²) in [5.41, 5.74) is 7.58. The molecule has 3 aromatic carbocycles. The average molecular weight is 576 g/mol. The van der Waals surface area contributed by atoms with Gasteiger partial charge in [0.15, 0.2) is 0 Å². The van der Waals surface area contributed by atoms with Crippen molar-refractivity contribution in [3.05, 3.63) is 114 Å². The van der Waals surface area contributed by atoms with E-state index in [4.69, 9.17) is 0 Å². The molecular formula is C34H34FN7O. The number of likely N-dealkylation sites (N-methyl/N-ethyl adjacent to an activating group) is 1. The topological polar surface area (TPSA) is 78.3 Å². The number of piperazine rings is 1. The van der Waals surface area contributed by atoms with Gasteiger partial charge in [0.05, 0.1) is 5.69 Å². The van der Waals surface area contributed by atoms with E-state index in [9.17, 15) is 9.18 Å². The third-order valence-corrected chi connectivity index (χ3v) is 7.71. The van der Waals surface area contributed by atoms with Gasteiger partial charge in [0, 0.05) is 78.6 Å². The Morgan fingerprint density at radius 3 is 2.40 bits per heavy atom. The standard InChI is InChI=1S/C34H34FN7O/c1-23-11-13-42(22-23)30-20-28(19-29(21-30)41-16-14-40(3)15-17-41)37-33(43)26-5-4-24(2)32(18-26)39-34-36-12-10-31(38-34)25-6-8-27(35)9-7-25/h4-13,18-22H,14-17H2,1-3H3,(H,37,43)(H,36,38,39). The number of nitrogens with zero attached hydrogens (tertiary/aromatic N) is 5. The third kappa shape index (κ3) is 6.57. The van der Waals surface area contributed by atoms with E-state index in [0.29, 0.717) is 17.2 Å². The first-order chi connectivity index (χ1) is 20.8. The first-order valence-electron chi connectivity index (χ1n) is 14.3. The summed E-state index contributed by atoms with van der Waals surface area (Å²) in [6, 6.07) is 21.7. The maximum atomic E-state index is 13.6. The van der Waals surface area contributed by atoms with Gasteiger partial charge >= 0.3 is 0 Å². The summed E-state index contributed by atoms with van der Waals surface area (Å²) in [6.45, 7) is 7.86. The van der Waals surface area contributed by atoms with Crippen molar-refractivity contribution in [2.45, 2.75) is 13.8 Å². The first kappa shape index (κ1) is 28.1. The lowest BCUT2D eigenvalue weighted by atomic mass is 10.1. The zero-order valence-electron chi connectivity index (χ0n) is 24.5. The number of aromatic nitrogens is 3. The summed E-state index contributed by atoms with van der Waals surface area (Å²) in [7, 11) is 2.14. The molecule has 0 saturated carbocycles. The van der Waals surface area contributed by atoms with Crippen molar-refractivity contribution >= 4 is 28.9 Å². The molecule has 0 unspecified atom stereocenters. The van der Waals surface area contributed by atoms with Gasteiger partial charge in [0.25, 0.3) is 5.91 Å². The Morgan fingerprint density at radius 1 is 0.884 bits per heavy atom. The molecule has 0 atom stereocenters. The molecule has 1 aliphatic rings. The van der Waals surface area contributed by atoms with Crippen LogP contribution in [0.1, 0.15) is 21.5 Å². The molecule has 8 nitrogen and oxygen atoms in total. The van der Waals surface area contributed by atoms with Gasteiger partial charge in [-0.25, -0.2) is 14.4 Å². The first-order valence-corrected chi connectivity index (χ1v) is 14.3. The second-order valence-electron chi connectivity index (χ2n) is 11.0. The van der Waals surface area contributed by atoms with E-state index in [1.54, 1.807) is 30.5 Å². The molecule has 2 aromatic heterocycles. The Kier molecular flexibility index (Phi) is 7.89. The van der Waals surface area contributed by atoms with Crippen molar-refractivity contribution in [3.63, 3.8) is 0 Å². The van der Waals surface area contributed by atoms with Crippen molar-refractivity contribution in [2.24, 2.45) is 0 Å². The van der Waals surface area contributed by atoms with Crippen molar-refractivity contribution in [1.82, 2.24) is 19.4 Å². The summed E-state index contributed by atoms with van der Waals surface area (Å²) in [4.78, 5) is 27.2. The van der Waals surface area contributed by atoms with Gasteiger partial charge < -0.3 is 25.0 Å². The van der Waals surface area contributed by atoms with E-state index >= 15 is 0 Å². The van der Waals surface area contributed by atoms with Crippen molar-refractivity contribution in [2.75, 3.05) is 48.8 Å². The minimum absolute atomic E-state index is 0.214. The number of hydrogen-bond acceptors (Lipinski definition) is 6. The molecule has 0 spiro atoms. The molecule has 0 aliphatic carbocycles. The molecule has 43 heavy (non-hydrogen) atoms. The van der Waals surface area contributed by atoms with Crippen LogP contribution < -0.4 is 15.5 Å². The van der Waals surface area contributed by atoms with Crippen LogP contribution >= 0.6 is 0 Å². The quantitative estimate of drug-likeness (QED) is 0.233. The molecule has 1 saturated heterocycles. The van der Waals surface area contributed by atoms with Crippen LogP contribution in [0.3, 0.4) is 0 Å². The Balaban J connectivity index is 1.24. The maximum Gasteiger partial charge on any atom is 0.255 e. The number of halogens is 1. The Labute approximate surface area is 250 Å². The fraction of sp³-hybridized carbons (Fsp3) is 0.206. The highest BCUT2D eigenvalue weighted by molar-refractivity contribution is 6.05. The molecule has 1 amide bonds. The van der Waals surface area contributed by atoms with E-state index < -0.39 is 0 Å². The molecule has 6 rings (SSSR count). The lowest BCUT2D eigenvalue weighted by Crippen LogP contribution is -2.44. The molecule has 3 heterocycles. The van der Waals surface area contributed by atoms with E-state index in [2.05, 4.69) is 67.3 Å². The fourth-order valence-electron chi connectivity index (χ4n) is 5.15. The number of hydrogen-bond donors (Lipinski definition) is 2. The number of anilines is 4. The zero-order valence-corrected chi connectivity index (χ0v) is 24.5. The summed E-state index contributed by atoms with van der Waals surface area (Å²) in [5, 5.41) is 6.38. The fourth-order valence-corrected chi connectivity index (χ4v) is 5.15. The predicted octanol–water partition coefficient (Wildman–Crippen LogP) is 6.44. The monoisotopic (exact) mass is 575 g/mol. The van der Waals surface area contributed by atoms with Crippen LogP contribution in [0.15, 0.2) is 91.4 Å². The van der Waals surface area contributed by atoms with E-state index in [0.717, 1.165) is 60.1 Å². The van der Waals surface area contributed by atoms with Crippen LogP contribution in [0, 0.1) is 19.7 Å². The number of carbonyl (C=O) groups excluding carboxylic acids is 1. The van der Waals surface area contributed by atoms with Gasteiger partial charge in [0.2, 0.25) is 5.95 Å². The summed E-state index contributed by atoms with van der Waals surface area (Å²) >= 11 is 0. The number of rotatable bonds is 7. The highest BCUT2D eigenvalue weighted by Crippen LogP contribution is 2.28. The van der Waals surface area contributed by atoms with Gasteiger partial charge in [-0.2, -0.15) is 0 Å². The minimum atomic E-state index is -0.302. The zero-order chi connectivity index (χ0) is 29.9. The number of amides is 1. The maximum absolute atomic E-state index is 13.6. The normalized spacial score (nSPS) is 13.6. The van der Waals surface area contributed by atoms with Crippen LogP contribution in [0.4, 0.5) is 27.4 Å².